The van der Waals surface area contributed by atoms with Gasteiger partial charge in [0.15, 0.2) is 5.69 Å². The molecule has 0 aliphatic rings. The molecule has 0 atom stereocenters. The van der Waals surface area contributed by atoms with Gasteiger partial charge in [0.1, 0.15) is 5.82 Å². The summed E-state index contributed by atoms with van der Waals surface area (Å²) in [5.41, 5.74) is 0.309. The highest BCUT2D eigenvalue weighted by Crippen LogP contribution is 2.01. The highest BCUT2D eigenvalue weighted by atomic mass is 16.5. The van der Waals surface area contributed by atoms with Crippen LogP contribution in [0.3, 0.4) is 0 Å². The predicted molar refractivity (Wildman–Crippen MR) is 71.2 cm³/mol. The standard InChI is InChI=1S/C12H20N4O3/c1-3-13-12(17)10-4-5-11(16-15-10)14-6-7-19-9-8-18-2/h4-5H,3,6-9H2,1-2H3,(H,13,17)(H,14,16). The van der Waals surface area contributed by atoms with E-state index < -0.39 is 0 Å². The molecule has 19 heavy (non-hydrogen) atoms. The minimum atomic E-state index is -0.218. The number of carbonyl (C=O) groups excluding carboxylic acids is 1. The van der Waals surface area contributed by atoms with Gasteiger partial charge in [0, 0.05) is 20.2 Å². The molecule has 0 spiro atoms. The lowest BCUT2D eigenvalue weighted by atomic mass is 10.3. The normalized spacial score (nSPS) is 10.2. The molecule has 0 aliphatic carbocycles. The Bertz CT molecular complexity index is 370. The molecule has 0 bridgehead atoms. The van der Waals surface area contributed by atoms with Crippen molar-refractivity contribution in [2.24, 2.45) is 0 Å². The second kappa shape index (κ2) is 9.23. The third kappa shape index (κ3) is 6.12. The largest absolute Gasteiger partial charge is 0.382 e. The fraction of sp³-hybridized carbons (Fsp3) is 0.583. The first-order valence-corrected chi connectivity index (χ1v) is 6.20. The van der Waals surface area contributed by atoms with Gasteiger partial charge in [-0.1, -0.05) is 0 Å². The summed E-state index contributed by atoms with van der Waals surface area (Å²) in [5.74, 6) is 0.396. The Morgan fingerprint density at radius 3 is 2.74 bits per heavy atom. The van der Waals surface area contributed by atoms with Gasteiger partial charge in [-0.3, -0.25) is 4.79 Å². The first-order chi connectivity index (χ1) is 9.27. The van der Waals surface area contributed by atoms with Crippen LogP contribution in [-0.2, 0) is 9.47 Å². The molecule has 0 radical (unpaired) electrons. The highest BCUT2D eigenvalue weighted by Gasteiger charge is 2.05. The van der Waals surface area contributed by atoms with E-state index in [9.17, 15) is 4.79 Å². The van der Waals surface area contributed by atoms with E-state index in [-0.39, 0.29) is 5.91 Å². The Kier molecular flexibility index (Phi) is 7.45. The zero-order valence-electron chi connectivity index (χ0n) is 11.3. The first kappa shape index (κ1) is 15.3. The van der Waals surface area contributed by atoms with Crippen LogP contribution in [0.4, 0.5) is 5.82 Å². The fourth-order valence-electron chi connectivity index (χ4n) is 1.29. The molecule has 7 heteroatoms. The SMILES string of the molecule is CCNC(=O)c1ccc(NCCOCCOC)nn1. The number of rotatable bonds is 9. The number of nitrogens with one attached hydrogen (secondary N) is 2. The molecule has 1 rings (SSSR count). The van der Waals surface area contributed by atoms with Crippen molar-refractivity contribution >= 4 is 11.7 Å². The van der Waals surface area contributed by atoms with E-state index in [0.717, 1.165) is 0 Å². The zero-order chi connectivity index (χ0) is 13.9. The van der Waals surface area contributed by atoms with Crippen LogP contribution in [0.25, 0.3) is 0 Å². The maximum atomic E-state index is 11.5. The van der Waals surface area contributed by atoms with Gasteiger partial charge >= 0.3 is 0 Å². The molecule has 0 saturated carbocycles. The molecule has 0 unspecified atom stereocenters. The number of ether oxygens (including phenoxy) is 2. The average Bonchev–Trinajstić information content (AvgIpc) is 2.43. The maximum absolute atomic E-state index is 11.5. The van der Waals surface area contributed by atoms with Gasteiger partial charge in [0.05, 0.1) is 19.8 Å². The lowest BCUT2D eigenvalue weighted by Gasteiger charge is -2.06. The van der Waals surface area contributed by atoms with Gasteiger partial charge < -0.3 is 20.1 Å². The fourth-order valence-corrected chi connectivity index (χ4v) is 1.29. The van der Waals surface area contributed by atoms with E-state index in [1.54, 1.807) is 19.2 Å². The second-order valence-corrected chi connectivity index (χ2v) is 3.70. The lowest BCUT2D eigenvalue weighted by Crippen LogP contribution is -2.24. The minimum absolute atomic E-state index is 0.218. The van der Waals surface area contributed by atoms with Gasteiger partial charge in [0.2, 0.25) is 0 Å². The van der Waals surface area contributed by atoms with E-state index in [4.69, 9.17) is 9.47 Å². The molecule has 0 fully saturated rings. The third-order valence-electron chi connectivity index (χ3n) is 2.22. The van der Waals surface area contributed by atoms with Crippen LogP contribution in [0.15, 0.2) is 12.1 Å². The van der Waals surface area contributed by atoms with Crippen molar-refractivity contribution in [1.29, 1.82) is 0 Å². The Balaban J connectivity index is 2.26. The quantitative estimate of drug-likeness (QED) is 0.627. The second-order valence-electron chi connectivity index (χ2n) is 3.70. The number of aromatic nitrogens is 2. The molecular weight excluding hydrogens is 248 g/mol. The molecule has 0 aromatic carbocycles. The summed E-state index contributed by atoms with van der Waals surface area (Å²) in [6.45, 7) is 4.76. The van der Waals surface area contributed by atoms with Crippen molar-refractivity contribution in [2.75, 3.05) is 45.3 Å². The van der Waals surface area contributed by atoms with Crippen molar-refractivity contribution in [2.45, 2.75) is 6.92 Å². The van der Waals surface area contributed by atoms with Crippen molar-refractivity contribution in [1.82, 2.24) is 15.5 Å². The summed E-state index contributed by atoms with van der Waals surface area (Å²) < 4.78 is 10.1. The lowest BCUT2D eigenvalue weighted by molar-refractivity contribution is 0.0759. The molecule has 1 aromatic heterocycles. The summed E-state index contributed by atoms with van der Waals surface area (Å²) in [7, 11) is 1.63. The van der Waals surface area contributed by atoms with Crippen molar-refractivity contribution < 1.29 is 14.3 Å². The van der Waals surface area contributed by atoms with E-state index in [0.29, 0.717) is 44.4 Å². The van der Waals surface area contributed by atoms with Gasteiger partial charge in [-0.25, -0.2) is 0 Å². The van der Waals surface area contributed by atoms with Crippen LogP contribution in [0, 0.1) is 0 Å². The smallest absolute Gasteiger partial charge is 0.271 e. The summed E-state index contributed by atoms with van der Waals surface area (Å²) in [6, 6.07) is 3.35. The molecule has 2 N–H and O–H groups in total. The number of methoxy groups -OCH3 is 1. The Hall–Kier alpha value is -1.73. The highest BCUT2D eigenvalue weighted by molar-refractivity contribution is 5.92. The molecule has 7 nitrogen and oxygen atoms in total. The van der Waals surface area contributed by atoms with Crippen molar-refractivity contribution in [3.8, 4) is 0 Å². The molecule has 106 valence electrons. The van der Waals surface area contributed by atoms with Crippen LogP contribution >= 0.6 is 0 Å². The number of hydrogen-bond donors (Lipinski definition) is 2. The summed E-state index contributed by atoms with van der Waals surface area (Å²) in [5, 5.41) is 13.5. The van der Waals surface area contributed by atoms with E-state index >= 15 is 0 Å². The summed E-state index contributed by atoms with van der Waals surface area (Å²) in [4.78, 5) is 11.5. The third-order valence-corrected chi connectivity index (χ3v) is 2.22. The van der Waals surface area contributed by atoms with Crippen LogP contribution in [-0.4, -0.2) is 56.1 Å². The molecule has 0 saturated heterocycles. The van der Waals surface area contributed by atoms with E-state index in [1.807, 2.05) is 6.92 Å². The van der Waals surface area contributed by atoms with Gasteiger partial charge in [-0.05, 0) is 19.1 Å². The van der Waals surface area contributed by atoms with Crippen molar-refractivity contribution in [3.05, 3.63) is 17.8 Å². The Labute approximate surface area is 112 Å². The zero-order valence-corrected chi connectivity index (χ0v) is 11.3. The topological polar surface area (TPSA) is 85.4 Å². The molecule has 1 amide bonds. The predicted octanol–water partition coefficient (Wildman–Crippen LogP) is 0.301. The van der Waals surface area contributed by atoms with E-state index in [2.05, 4.69) is 20.8 Å². The number of carbonyl (C=O) groups is 1. The maximum Gasteiger partial charge on any atom is 0.271 e. The Morgan fingerprint density at radius 1 is 1.26 bits per heavy atom. The van der Waals surface area contributed by atoms with Crippen LogP contribution in [0.5, 0.6) is 0 Å². The van der Waals surface area contributed by atoms with E-state index in [1.165, 1.54) is 0 Å². The number of hydrogen-bond acceptors (Lipinski definition) is 6. The van der Waals surface area contributed by atoms with Gasteiger partial charge in [-0.2, -0.15) is 0 Å². The summed E-state index contributed by atoms with van der Waals surface area (Å²) >= 11 is 0. The first-order valence-electron chi connectivity index (χ1n) is 6.20. The van der Waals surface area contributed by atoms with Crippen LogP contribution in [0.2, 0.25) is 0 Å². The monoisotopic (exact) mass is 268 g/mol. The van der Waals surface area contributed by atoms with Crippen molar-refractivity contribution in [3.63, 3.8) is 0 Å². The number of amides is 1. The molecule has 1 heterocycles. The van der Waals surface area contributed by atoms with Crippen LogP contribution < -0.4 is 10.6 Å². The molecular formula is C12H20N4O3. The minimum Gasteiger partial charge on any atom is -0.382 e. The Morgan fingerprint density at radius 2 is 2.11 bits per heavy atom. The van der Waals surface area contributed by atoms with Crippen LogP contribution in [0.1, 0.15) is 17.4 Å². The van der Waals surface area contributed by atoms with Gasteiger partial charge in [-0.15, -0.1) is 10.2 Å². The summed E-state index contributed by atoms with van der Waals surface area (Å²) in [6.07, 6.45) is 0. The average molecular weight is 268 g/mol. The number of anilines is 1. The number of nitrogens with zero attached hydrogens (tertiary/aromatic N) is 2. The van der Waals surface area contributed by atoms with Gasteiger partial charge in [0.25, 0.3) is 5.91 Å². The molecule has 0 aliphatic heterocycles. The molecule has 1 aromatic rings.